The molecule has 0 aromatic carbocycles. The zero-order chi connectivity index (χ0) is 12.0. The van der Waals surface area contributed by atoms with Gasteiger partial charge in [-0.15, -0.1) is 11.3 Å². The topological polar surface area (TPSA) is 48.1 Å². The number of alkyl halides is 1. The van der Waals surface area contributed by atoms with Crippen LogP contribution in [0.4, 0.5) is 4.39 Å². The molecule has 1 aromatic heterocycles. The van der Waals surface area contributed by atoms with Gasteiger partial charge in [-0.25, -0.2) is 9.37 Å². The molecule has 92 valence electrons. The number of thiazole rings is 1. The van der Waals surface area contributed by atoms with Gasteiger partial charge in [0.2, 0.25) is 0 Å². The summed E-state index contributed by atoms with van der Waals surface area (Å²) < 4.78 is 19.4. The number of rotatable bonds is 7. The Balaban J connectivity index is 2.62. The fourth-order valence-corrected chi connectivity index (χ4v) is 2.54. The van der Waals surface area contributed by atoms with Crippen LogP contribution in [0.1, 0.15) is 23.5 Å². The highest BCUT2D eigenvalue weighted by molar-refractivity contribution is 7.09. The van der Waals surface area contributed by atoms with E-state index in [9.17, 15) is 4.39 Å². The molecule has 0 saturated heterocycles. The Morgan fingerprint density at radius 1 is 1.62 bits per heavy atom. The first-order chi connectivity index (χ1) is 7.59. The summed E-state index contributed by atoms with van der Waals surface area (Å²) in [4.78, 5) is 4.28. The van der Waals surface area contributed by atoms with E-state index in [1.54, 1.807) is 0 Å². The highest BCUT2D eigenvalue weighted by Gasteiger charge is 2.30. The molecule has 0 bridgehead atoms. The Morgan fingerprint density at radius 2 is 2.38 bits per heavy atom. The van der Waals surface area contributed by atoms with Crippen molar-refractivity contribution in [1.82, 2.24) is 4.98 Å². The third-order valence-electron chi connectivity index (χ3n) is 2.37. The highest BCUT2D eigenvalue weighted by atomic mass is 32.1. The molecule has 16 heavy (non-hydrogen) atoms. The molecule has 0 aliphatic heterocycles. The fourth-order valence-electron chi connectivity index (χ4n) is 1.64. The van der Waals surface area contributed by atoms with Crippen molar-refractivity contribution in [3.05, 3.63) is 16.1 Å². The van der Waals surface area contributed by atoms with Crippen molar-refractivity contribution < 1.29 is 9.13 Å². The van der Waals surface area contributed by atoms with Crippen LogP contribution < -0.4 is 5.73 Å². The molecule has 3 nitrogen and oxygen atoms in total. The molecule has 1 atom stereocenters. The third-order valence-corrected chi connectivity index (χ3v) is 3.33. The minimum Gasteiger partial charge on any atom is -0.381 e. The molecule has 0 aliphatic rings. The largest absolute Gasteiger partial charge is 0.381 e. The van der Waals surface area contributed by atoms with Crippen LogP contribution >= 0.6 is 11.3 Å². The van der Waals surface area contributed by atoms with Gasteiger partial charge in [0.25, 0.3) is 0 Å². The maximum atomic E-state index is 14.5. The van der Waals surface area contributed by atoms with Gasteiger partial charge in [0, 0.05) is 24.6 Å². The number of methoxy groups -OCH3 is 1. The van der Waals surface area contributed by atoms with Gasteiger partial charge >= 0.3 is 0 Å². The molecule has 2 N–H and O–H groups in total. The number of aryl methyl sites for hydroxylation is 1. The normalized spacial score (nSPS) is 15.0. The Morgan fingerprint density at radius 3 is 2.88 bits per heavy atom. The molecule has 0 radical (unpaired) electrons. The summed E-state index contributed by atoms with van der Waals surface area (Å²) in [6, 6.07) is 0. The lowest BCUT2D eigenvalue weighted by atomic mass is 9.97. The lowest BCUT2D eigenvalue weighted by Crippen LogP contribution is -2.32. The molecule has 0 saturated carbocycles. The predicted molar refractivity (Wildman–Crippen MR) is 64.6 cm³/mol. The quantitative estimate of drug-likeness (QED) is 0.801. The third kappa shape index (κ3) is 4.15. The van der Waals surface area contributed by atoms with E-state index < -0.39 is 5.67 Å². The standard InChI is InChI=1S/C11H19FN2OS/c1-9-7-16-10(14-9)6-11(12,8-15-2)4-3-5-13/h7H,3-6,8,13H2,1-2H3. The second kappa shape index (κ2) is 6.27. The summed E-state index contributed by atoms with van der Waals surface area (Å²) in [5.41, 5.74) is 5.02. The number of nitrogens with zero attached hydrogens (tertiary/aromatic N) is 1. The average molecular weight is 246 g/mol. The Kier molecular flexibility index (Phi) is 5.31. The number of aromatic nitrogens is 1. The van der Waals surface area contributed by atoms with Crippen molar-refractivity contribution >= 4 is 11.3 Å². The maximum absolute atomic E-state index is 14.5. The monoisotopic (exact) mass is 246 g/mol. The van der Waals surface area contributed by atoms with Gasteiger partial charge in [-0.2, -0.15) is 0 Å². The van der Waals surface area contributed by atoms with Gasteiger partial charge in [-0.3, -0.25) is 0 Å². The molecule has 1 unspecified atom stereocenters. The van der Waals surface area contributed by atoms with E-state index in [0.717, 1.165) is 10.7 Å². The first-order valence-electron chi connectivity index (χ1n) is 5.38. The van der Waals surface area contributed by atoms with Gasteiger partial charge < -0.3 is 10.5 Å². The van der Waals surface area contributed by atoms with Crippen LogP contribution in [0.15, 0.2) is 5.38 Å². The van der Waals surface area contributed by atoms with Crippen molar-refractivity contribution in [3.63, 3.8) is 0 Å². The fraction of sp³-hybridized carbons (Fsp3) is 0.727. The summed E-state index contributed by atoms with van der Waals surface area (Å²) in [6.45, 7) is 2.52. The van der Waals surface area contributed by atoms with Gasteiger partial charge in [-0.05, 0) is 26.3 Å². The van der Waals surface area contributed by atoms with Crippen LogP contribution in [0, 0.1) is 6.92 Å². The SMILES string of the molecule is COCC(F)(CCCN)Cc1nc(C)cs1. The van der Waals surface area contributed by atoms with Gasteiger partial charge in [0.1, 0.15) is 5.67 Å². The van der Waals surface area contributed by atoms with Crippen molar-refractivity contribution in [2.45, 2.75) is 31.9 Å². The molecule has 0 spiro atoms. The number of ether oxygens (including phenoxy) is 1. The zero-order valence-electron chi connectivity index (χ0n) is 9.83. The summed E-state index contributed by atoms with van der Waals surface area (Å²) in [5.74, 6) is 0. The van der Waals surface area contributed by atoms with Crippen molar-refractivity contribution in [2.75, 3.05) is 20.3 Å². The Hall–Kier alpha value is -0.520. The highest BCUT2D eigenvalue weighted by Crippen LogP contribution is 2.25. The number of hydrogen-bond acceptors (Lipinski definition) is 4. The molecule has 1 heterocycles. The second-order valence-electron chi connectivity index (χ2n) is 4.04. The minimum absolute atomic E-state index is 0.103. The van der Waals surface area contributed by atoms with E-state index in [2.05, 4.69) is 4.98 Å². The lowest BCUT2D eigenvalue weighted by molar-refractivity contribution is 0.0334. The van der Waals surface area contributed by atoms with E-state index in [1.165, 1.54) is 18.4 Å². The number of nitrogens with two attached hydrogens (primary N) is 1. The van der Waals surface area contributed by atoms with Crippen LogP contribution in [0.2, 0.25) is 0 Å². The summed E-state index contributed by atoms with van der Waals surface area (Å²) in [7, 11) is 1.52. The molecule has 5 heteroatoms. The summed E-state index contributed by atoms with van der Waals surface area (Å²) >= 11 is 1.50. The summed E-state index contributed by atoms with van der Waals surface area (Å²) in [6.07, 6.45) is 1.42. The molecular weight excluding hydrogens is 227 g/mol. The van der Waals surface area contributed by atoms with Crippen LogP contribution in [0.5, 0.6) is 0 Å². The van der Waals surface area contributed by atoms with Crippen molar-refractivity contribution in [1.29, 1.82) is 0 Å². The predicted octanol–water partition coefficient (Wildman–Crippen LogP) is 2.09. The molecule has 1 rings (SSSR count). The minimum atomic E-state index is -1.33. The van der Waals surface area contributed by atoms with Gasteiger partial charge in [0.15, 0.2) is 0 Å². The Bertz CT molecular complexity index is 319. The van der Waals surface area contributed by atoms with Crippen LogP contribution in [0.25, 0.3) is 0 Å². The summed E-state index contributed by atoms with van der Waals surface area (Å²) in [5, 5.41) is 2.76. The second-order valence-corrected chi connectivity index (χ2v) is 4.98. The molecule has 0 amide bonds. The molecule has 0 fully saturated rings. The zero-order valence-corrected chi connectivity index (χ0v) is 10.6. The average Bonchev–Trinajstić information content (AvgIpc) is 2.61. The molecular formula is C11H19FN2OS. The molecule has 1 aromatic rings. The van der Waals surface area contributed by atoms with Crippen LogP contribution in [-0.4, -0.2) is 30.9 Å². The van der Waals surface area contributed by atoms with Crippen LogP contribution in [0.3, 0.4) is 0 Å². The molecule has 0 aliphatic carbocycles. The van der Waals surface area contributed by atoms with Crippen molar-refractivity contribution in [3.8, 4) is 0 Å². The van der Waals surface area contributed by atoms with E-state index in [4.69, 9.17) is 10.5 Å². The van der Waals surface area contributed by atoms with Crippen molar-refractivity contribution in [2.24, 2.45) is 5.73 Å². The first kappa shape index (κ1) is 13.5. The van der Waals surface area contributed by atoms with Gasteiger partial charge in [0.05, 0.1) is 11.6 Å². The lowest BCUT2D eigenvalue weighted by Gasteiger charge is -2.23. The smallest absolute Gasteiger partial charge is 0.140 e. The Labute approximate surface area is 99.8 Å². The van der Waals surface area contributed by atoms with Crippen LogP contribution in [-0.2, 0) is 11.2 Å². The van der Waals surface area contributed by atoms with E-state index in [0.29, 0.717) is 25.8 Å². The van der Waals surface area contributed by atoms with Gasteiger partial charge in [-0.1, -0.05) is 0 Å². The maximum Gasteiger partial charge on any atom is 0.140 e. The van der Waals surface area contributed by atoms with E-state index >= 15 is 0 Å². The first-order valence-corrected chi connectivity index (χ1v) is 6.26. The van der Waals surface area contributed by atoms with E-state index in [1.807, 2.05) is 12.3 Å². The number of hydrogen-bond donors (Lipinski definition) is 1. The van der Waals surface area contributed by atoms with E-state index in [-0.39, 0.29) is 6.61 Å². The number of halogens is 1.